The van der Waals surface area contributed by atoms with Crippen molar-refractivity contribution in [2.75, 3.05) is 31.9 Å². The Labute approximate surface area is 207 Å². The fraction of sp³-hybridized carbons (Fsp3) is 0.308. The van der Waals surface area contributed by atoms with Crippen LogP contribution in [0.4, 0.5) is 0 Å². The number of fused-ring (bicyclic) bond motifs is 3. The molecule has 0 saturated carbocycles. The van der Waals surface area contributed by atoms with Crippen LogP contribution >= 0.6 is 11.8 Å². The second-order valence-electron chi connectivity index (χ2n) is 8.62. The standard InChI is InChI=1S/C26H28N6O2S/c1-2-13-31-24(34)21-11-6-7-12-22(21)32-25(31)27-28-26(32)35-19-23(33)30-15-8-14-29(16-17-30)18-20-9-4-3-5-10-20/h2-7,9-12H,1,8,13-19H2. The number of hydrogen-bond acceptors (Lipinski definition) is 6. The lowest BCUT2D eigenvalue weighted by molar-refractivity contribution is -0.128. The minimum Gasteiger partial charge on any atom is -0.341 e. The number of benzene rings is 2. The van der Waals surface area contributed by atoms with Crippen LogP contribution in [-0.2, 0) is 17.9 Å². The van der Waals surface area contributed by atoms with Crippen molar-refractivity contribution >= 4 is 34.3 Å². The minimum atomic E-state index is -0.127. The first kappa shape index (κ1) is 23.3. The highest BCUT2D eigenvalue weighted by Gasteiger charge is 2.21. The van der Waals surface area contributed by atoms with Crippen LogP contribution in [0.1, 0.15) is 12.0 Å². The van der Waals surface area contributed by atoms with Crippen molar-refractivity contribution in [3.05, 3.63) is 83.2 Å². The third kappa shape index (κ3) is 4.87. The second kappa shape index (κ2) is 10.5. The van der Waals surface area contributed by atoms with Gasteiger partial charge in [-0.3, -0.25) is 23.5 Å². The first-order valence-corrected chi connectivity index (χ1v) is 12.8. The summed E-state index contributed by atoms with van der Waals surface area (Å²) in [6.07, 6.45) is 2.62. The molecule has 0 N–H and O–H groups in total. The van der Waals surface area contributed by atoms with Gasteiger partial charge in [-0.1, -0.05) is 60.3 Å². The summed E-state index contributed by atoms with van der Waals surface area (Å²) in [5.41, 5.74) is 1.90. The highest BCUT2D eigenvalue weighted by Crippen LogP contribution is 2.22. The summed E-state index contributed by atoms with van der Waals surface area (Å²) in [5.74, 6) is 0.820. The van der Waals surface area contributed by atoms with Crippen LogP contribution in [0.15, 0.2) is 77.2 Å². The predicted molar refractivity (Wildman–Crippen MR) is 139 cm³/mol. The molecule has 4 aromatic rings. The SMILES string of the molecule is C=CCn1c(=O)c2ccccc2n2c(SCC(=O)N3CCCN(Cc4ccccc4)CC3)nnc12. The quantitative estimate of drug-likeness (QED) is 0.294. The summed E-state index contributed by atoms with van der Waals surface area (Å²) in [5, 5.41) is 9.79. The normalized spacial score (nSPS) is 14.9. The molecule has 35 heavy (non-hydrogen) atoms. The van der Waals surface area contributed by atoms with Gasteiger partial charge in [-0.15, -0.1) is 16.8 Å². The number of amides is 1. The third-order valence-electron chi connectivity index (χ3n) is 6.30. The largest absolute Gasteiger partial charge is 0.341 e. The van der Waals surface area contributed by atoms with Crippen LogP contribution in [-0.4, -0.2) is 66.8 Å². The Morgan fingerprint density at radius 2 is 1.80 bits per heavy atom. The Morgan fingerprint density at radius 1 is 1.00 bits per heavy atom. The van der Waals surface area contributed by atoms with Gasteiger partial charge in [-0.05, 0) is 24.1 Å². The number of carbonyl (C=O) groups is 1. The predicted octanol–water partition coefficient (Wildman–Crippen LogP) is 3.06. The topological polar surface area (TPSA) is 75.7 Å². The molecule has 0 bridgehead atoms. The Kier molecular flexibility index (Phi) is 6.96. The zero-order valence-corrected chi connectivity index (χ0v) is 20.4. The summed E-state index contributed by atoms with van der Waals surface area (Å²) in [4.78, 5) is 30.4. The highest BCUT2D eigenvalue weighted by atomic mass is 32.2. The van der Waals surface area contributed by atoms with E-state index in [0.717, 1.165) is 38.1 Å². The van der Waals surface area contributed by atoms with Gasteiger partial charge in [-0.2, -0.15) is 0 Å². The third-order valence-corrected chi connectivity index (χ3v) is 7.22. The summed E-state index contributed by atoms with van der Waals surface area (Å²) in [6, 6.07) is 17.9. The van der Waals surface area contributed by atoms with Gasteiger partial charge < -0.3 is 4.90 Å². The number of carbonyl (C=O) groups excluding carboxylic acids is 1. The second-order valence-corrected chi connectivity index (χ2v) is 9.57. The molecule has 1 amide bonds. The molecule has 0 unspecified atom stereocenters. The lowest BCUT2D eigenvalue weighted by atomic mass is 10.2. The number of nitrogens with zero attached hydrogens (tertiary/aromatic N) is 6. The Balaban J connectivity index is 1.30. The van der Waals surface area contributed by atoms with Crippen LogP contribution in [0.2, 0.25) is 0 Å². The number of thioether (sulfide) groups is 1. The maximum atomic E-state index is 13.1. The van der Waals surface area contributed by atoms with Crippen molar-refractivity contribution < 1.29 is 4.79 Å². The van der Waals surface area contributed by atoms with E-state index in [2.05, 4.69) is 45.9 Å². The summed E-state index contributed by atoms with van der Waals surface area (Å²) in [6.45, 7) is 8.32. The van der Waals surface area contributed by atoms with Crippen molar-refractivity contribution in [2.24, 2.45) is 0 Å². The number of para-hydroxylation sites is 1. The van der Waals surface area contributed by atoms with Crippen LogP contribution in [0, 0.1) is 0 Å². The molecule has 1 aliphatic rings. The summed E-state index contributed by atoms with van der Waals surface area (Å²) >= 11 is 1.36. The fourth-order valence-electron chi connectivity index (χ4n) is 4.56. The monoisotopic (exact) mass is 488 g/mol. The molecule has 3 heterocycles. The van der Waals surface area contributed by atoms with Gasteiger partial charge in [0.25, 0.3) is 5.56 Å². The average Bonchev–Trinajstić information content (AvgIpc) is 3.17. The molecule has 2 aromatic heterocycles. The Bertz CT molecular complexity index is 1410. The van der Waals surface area contributed by atoms with E-state index < -0.39 is 0 Å². The van der Waals surface area contributed by atoms with E-state index in [1.54, 1.807) is 16.7 Å². The van der Waals surface area contributed by atoms with Gasteiger partial charge >= 0.3 is 0 Å². The van der Waals surface area contributed by atoms with Gasteiger partial charge in [0.05, 0.1) is 16.7 Å². The van der Waals surface area contributed by atoms with Gasteiger partial charge in [-0.25, -0.2) is 0 Å². The van der Waals surface area contributed by atoms with Gasteiger partial charge in [0.15, 0.2) is 5.16 Å². The molecule has 180 valence electrons. The lowest BCUT2D eigenvalue weighted by Gasteiger charge is -2.22. The Morgan fingerprint density at radius 3 is 2.63 bits per heavy atom. The maximum absolute atomic E-state index is 13.1. The van der Waals surface area contributed by atoms with Crippen molar-refractivity contribution in [2.45, 2.75) is 24.7 Å². The Hall–Kier alpha value is -3.43. The average molecular weight is 489 g/mol. The van der Waals surface area contributed by atoms with Gasteiger partial charge in [0.2, 0.25) is 11.7 Å². The van der Waals surface area contributed by atoms with Gasteiger partial charge in [0.1, 0.15) is 0 Å². The number of hydrogen-bond donors (Lipinski definition) is 0. The molecule has 9 heteroatoms. The molecule has 1 fully saturated rings. The molecule has 0 radical (unpaired) electrons. The van der Waals surface area contributed by atoms with E-state index in [1.165, 1.54) is 17.3 Å². The van der Waals surface area contributed by atoms with Crippen molar-refractivity contribution in [3.8, 4) is 0 Å². The first-order chi connectivity index (χ1) is 17.2. The zero-order chi connectivity index (χ0) is 24.2. The molecule has 1 aliphatic heterocycles. The molecule has 0 aliphatic carbocycles. The van der Waals surface area contributed by atoms with Crippen LogP contribution < -0.4 is 5.56 Å². The van der Waals surface area contributed by atoms with E-state index in [-0.39, 0.29) is 17.2 Å². The van der Waals surface area contributed by atoms with E-state index in [4.69, 9.17) is 0 Å². The molecule has 2 aromatic carbocycles. The van der Waals surface area contributed by atoms with Crippen LogP contribution in [0.3, 0.4) is 0 Å². The van der Waals surface area contributed by atoms with E-state index in [9.17, 15) is 9.59 Å². The fourth-order valence-corrected chi connectivity index (χ4v) is 5.40. The van der Waals surface area contributed by atoms with E-state index >= 15 is 0 Å². The molecule has 0 atom stereocenters. The highest BCUT2D eigenvalue weighted by molar-refractivity contribution is 7.99. The lowest BCUT2D eigenvalue weighted by Crippen LogP contribution is -2.36. The number of allylic oxidation sites excluding steroid dienone is 1. The number of aromatic nitrogens is 4. The summed E-state index contributed by atoms with van der Waals surface area (Å²) in [7, 11) is 0. The minimum absolute atomic E-state index is 0.0945. The molecule has 5 rings (SSSR count). The molecular formula is C26H28N6O2S. The van der Waals surface area contributed by atoms with Crippen molar-refractivity contribution in [3.63, 3.8) is 0 Å². The van der Waals surface area contributed by atoms with E-state index in [0.29, 0.717) is 29.4 Å². The molecule has 8 nitrogen and oxygen atoms in total. The van der Waals surface area contributed by atoms with Crippen molar-refractivity contribution in [1.82, 2.24) is 29.0 Å². The molecule has 0 spiro atoms. The summed E-state index contributed by atoms with van der Waals surface area (Å²) < 4.78 is 3.42. The van der Waals surface area contributed by atoms with Crippen LogP contribution in [0.5, 0.6) is 0 Å². The van der Waals surface area contributed by atoms with E-state index in [1.807, 2.05) is 33.6 Å². The first-order valence-electron chi connectivity index (χ1n) is 11.8. The number of rotatable bonds is 7. The van der Waals surface area contributed by atoms with Crippen LogP contribution in [0.25, 0.3) is 16.7 Å². The maximum Gasteiger partial charge on any atom is 0.263 e. The molecule has 1 saturated heterocycles. The smallest absolute Gasteiger partial charge is 0.263 e. The zero-order valence-electron chi connectivity index (χ0n) is 19.5. The van der Waals surface area contributed by atoms with Gasteiger partial charge in [0, 0.05) is 39.3 Å². The van der Waals surface area contributed by atoms with Crippen molar-refractivity contribution in [1.29, 1.82) is 0 Å². The molecular weight excluding hydrogens is 460 g/mol.